The molecule has 2 rings (SSSR count). The van der Waals surface area contributed by atoms with Crippen molar-refractivity contribution < 1.29 is 0 Å². The van der Waals surface area contributed by atoms with Gasteiger partial charge in [0, 0.05) is 24.2 Å². The number of hydrogen-bond acceptors (Lipinski definition) is 5. The van der Waals surface area contributed by atoms with Crippen LogP contribution in [0.15, 0.2) is 27.2 Å². The predicted octanol–water partition coefficient (Wildman–Crippen LogP) is 2.63. The quantitative estimate of drug-likeness (QED) is 0.693. The van der Waals surface area contributed by atoms with Crippen LogP contribution in [0.1, 0.15) is 24.7 Å². The molecule has 0 atom stereocenters. The fraction of sp³-hybridized carbons (Fsp3) is 0.333. The van der Waals surface area contributed by atoms with E-state index >= 15 is 0 Å². The summed E-state index contributed by atoms with van der Waals surface area (Å²) in [5, 5.41) is 1.66. The third-order valence-electron chi connectivity index (χ3n) is 2.40. The van der Waals surface area contributed by atoms with Gasteiger partial charge in [0.05, 0.1) is 0 Å². The van der Waals surface area contributed by atoms with Gasteiger partial charge in [-0.15, -0.1) is 0 Å². The Morgan fingerprint density at radius 1 is 1.42 bits per heavy atom. The van der Waals surface area contributed by atoms with Gasteiger partial charge in [-0.05, 0) is 25.1 Å². The van der Waals surface area contributed by atoms with Crippen molar-refractivity contribution in [2.75, 3.05) is 0 Å². The van der Waals surface area contributed by atoms with Crippen molar-refractivity contribution in [3.8, 4) is 0 Å². The number of H-pyrrole nitrogens is 1. The number of nitrogens with one attached hydrogen (secondary N) is 1. The molecule has 0 unspecified atom stereocenters. The minimum absolute atomic E-state index is 0.191. The van der Waals surface area contributed by atoms with Crippen molar-refractivity contribution in [2.45, 2.75) is 36.9 Å². The number of aryl methyl sites for hydroxylation is 1. The molecule has 5 nitrogen and oxygen atoms in total. The molecule has 100 valence electrons. The fourth-order valence-corrected chi connectivity index (χ4v) is 2.53. The minimum Gasteiger partial charge on any atom is -0.301 e. The zero-order chi connectivity index (χ0) is 13.8. The molecule has 0 bridgehead atoms. The highest BCUT2D eigenvalue weighted by Gasteiger charge is 2.11. The second-order valence-corrected chi connectivity index (χ2v) is 5.29. The van der Waals surface area contributed by atoms with Crippen LogP contribution in [-0.4, -0.2) is 19.9 Å². The van der Waals surface area contributed by atoms with Crippen molar-refractivity contribution in [1.82, 2.24) is 19.9 Å². The van der Waals surface area contributed by atoms with Crippen molar-refractivity contribution in [3.05, 3.63) is 39.2 Å². The fourth-order valence-electron chi connectivity index (χ4n) is 1.44. The molecule has 0 radical (unpaired) electrons. The Hall–Kier alpha value is -1.40. The summed E-state index contributed by atoms with van der Waals surface area (Å²) in [6.45, 7) is 3.90. The van der Waals surface area contributed by atoms with Crippen LogP contribution in [0, 0.1) is 6.92 Å². The first-order valence-electron chi connectivity index (χ1n) is 5.86. The lowest BCUT2D eigenvalue weighted by atomic mass is 10.3. The first-order valence-corrected chi connectivity index (χ1v) is 7.05. The summed E-state index contributed by atoms with van der Waals surface area (Å²) in [4.78, 5) is 26.7. The largest absolute Gasteiger partial charge is 0.301 e. The third-order valence-corrected chi connectivity index (χ3v) is 3.76. The van der Waals surface area contributed by atoms with Crippen LogP contribution in [0.25, 0.3) is 0 Å². The van der Waals surface area contributed by atoms with Crippen LogP contribution in [0.2, 0.25) is 5.15 Å². The van der Waals surface area contributed by atoms with Gasteiger partial charge < -0.3 is 4.98 Å². The molecule has 2 aromatic heterocycles. The van der Waals surface area contributed by atoms with Gasteiger partial charge in [0.2, 0.25) is 0 Å². The van der Waals surface area contributed by atoms with Crippen LogP contribution in [0.3, 0.4) is 0 Å². The van der Waals surface area contributed by atoms with Gasteiger partial charge in [0.15, 0.2) is 5.16 Å². The highest BCUT2D eigenvalue weighted by Crippen LogP contribution is 2.28. The van der Waals surface area contributed by atoms with E-state index < -0.39 is 0 Å². The molecular formula is C12H13ClN4OS. The lowest BCUT2D eigenvalue weighted by Gasteiger charge is -2.07. The first kappa shape index (κ1) is 14.0. The Morgan fingerprint density at radius 3 is 2.89 bits per heavy atom. The molecular weight excluding hydrogens is 284 g/mol. The maximum atomic E-state index is 11.2. The standard InChI is InChI=1S/C12H13ClN4OS/c1-3-4-8-15-10(13)7(2)11(16-8)19-12-14-6-5-9(18)17-12/h5-6H,3-4H2,1-2H3,(H,14,17,18). The normalized spacial score (nSPS) is 10.7. The Balaban J connectivity index is 2.36. The van der Waals surface area contributed by atoms with E-state index in [1.54, 1.807) is 0 Å². The maximum absolute atomic E-state index is 11.2. The highest BCUT2D eigenvalue weighted by atomic mass is 35.5. The average Bonchev–Trinajstić information content (AvgIpc) is 2.36. The second-order valence-electron chi connectivity index (χ2n) is 3.95. The number of halogens is 1. The van der Waals surface area contributed by atoms with Crippen molar-refractivity contribution in [1.29, 1.82) is 0 Å². The molecule has 0 aliphatic heterocycles. The molecule has 0 aliphatic carbocycles. The van der Waals surface area contributed by atoms with E-state index in [0.717, 1.165) is 23.4 Å². The van der Waals surface area contributed by atoms with Gasteiger partial charge in [0.25, 0.3) is 5.56 Å². The van der Waals surface area contributed by atoms with Gasteiger partial charge in [-0.1, -0.05) is 18.5 Å². The third kappa shape index (κ3) is 3.54. The molecule has 7 heteroatoms. The second kappa shape index (κ2) is 6.16. The van der Waals surface area contributed by atoms with E-state index in [2.05, 4.69) is 26.9 Å². The molecule has 0 aromatic carbocycles. The van der Waals surface area contributed by atoms with Crippen molar-refractivity contribution >= 4 is 23.4 Å². The summed E-state index contributed by atoms with van der Waals surface area (Å²) in [5.74, 6) is 0.707. The summed E-state index contributed by atoms with van der Waals surface area (Å²) in [6.07, 6.45) is 3.18. The molecule has 0 spiro atoms. The Morgan fingerprint density at radius 2 is 2.21 bits per heavy atom. The number of aromatic amines is 1. The van der Waals surface area contributed by atoms with Gasteiger partial charge in [0.1, 0.15) is 16.0 Å². The van der Waals surface area contributed by atoms with Gasteiger partial charge >= 0.3 is 0 Å². The smallest absolute Gasteiger partial charge is 0.251 e. The number of rotatable bonds is 4. The SMILES string of the molecule is CCCc1nc(Cl)c(C)c(Sc2nccc(=O)[nH]2)n1. The number of nitrogens with zero attached hydrogens (tertiary/aromatic N) is 3. The molecule has 2 heterocycles. The zero-order valence-electron chi connectivity index (χ0n) is 10.6. The summed E-state index contributed by atoms with van der Waals surface area (Å²) < 4.78 is 0. The van der Waals surface area contributed by atoms with E-state index in [4.69, 9.17) is 11.6 Å². The van der Waals surface area contributed by atoms with Crippen LogP contribution < -0.4 is 5.56 Å². The molecule has 0 saturated heterocycles. The van der Waals surface area contributed by atoms with Gasteiger partial charge in [-0.3, -0.25) is 4.79 Å². The van der Waals surface area contributed by atoms with E-state index in [-0.39, 0.29) is 5.56 Å². The van der Waals surface area contributed by atoms with E-state index in [1.807, 2.05) is 6.92 Å². The summed E-state index contributed by atoms with van der Waals surface area (Å²) in [5.41, 5.74) is 0.599. The van der Waals surface area contributed by atoms with Gasteiger partial charge in [-0.2, -0.15) is 0 Å². The molecule has 2 aromatic rings. The minimum atomic E-state index is -0.191. The topological polar surface area (TPSA) is 71.5 Å². The molecule has 0 aliphatic rings. The number of hydrogen-bond donors (Lipinski definition) is 1. The highest BCUT2D eigenvalue weighted by molar-refractivity contribution is 7.99. The van der Waals surface area contributed by atoms with Crippen molar-refractivity contribution in [2.24, 2.45) is 0 Å². The van der Waals surface area contributed by atoms with E-state index in [0.29, 0.717) is 16.1 Å². The Labute approximate surface area is 119 Å². The average molecular weight is 297 g/mol. The Kier molecular flexibility index (Phi) is 4.55. The van der Waals surface area contributed by atoms with E-state index in [9.17, 15) is 4.79 Å². The maximum Gasteiger partial charge on any atom is 0.251 e. The lowest BCUT2D eigenvalue weighted by molar-refractivity contribution is 0.799. The molecule has 0 amide bonds. The van der Waals surface area contributed by atoms with Crippen LogP contribution in [0.5, 0.6) is 0 Å². The predicted molar refractivity (Wildman–Crippen MR) is 74.8 cm³/mol. The van der Waals surface area contributed by atoms with Crippen LogP contribution in [-0.2, 0) is 6.42 Å². The Bertz CT molecular complexity index is 644. The van der Waals surface area contributed by atoms with Crippen LogP contribution >= 0.6 is 23.4 Å². The van der Waals surface area contributed by atoms with Gasteiger partial charge in [-0.25, -0.2) is 15.0 Å². The molecule has 0 fully saturated rings. The van der Waals surface area contributed by atoms with Crippen LogP contribution in [0.4, 0.5) is 0 Å². The van der Waals surface area contributed by atoms with Crippen molar-refractivity contribution in [3.63, 3.8) is 0 Å². The molecule has 0 saturated carbocycles. The van der Waals surface area contributed by atoms with E-state index in [1.165, 1.54) is 24.0 Å². The molecule has 19 heavy (non-hydrogen) atoms. The monoisotopic (exact) mass is 296 g/mol. The number of aromatic nitrogens is 4. The molecule has 1 N–H and O–H groups in total. The first-order chi connectivity index (χ1) is 9.10. The summed E-state index contributed by atoms with van der Waals surface area (Å²) >= 11 is 7.38. The summed E-state index contributed by atoms with van der Waals surface area (Å²) in [6, 6.07) is 1.37. The summed E-state index contributed by atoms with van der Waals surface area (Å²) in [7, 11) is 0. The zero-order valence-corrected chi connectivity index (χ0v) is 12.2. The lowest BCUT2D eigenvalue weighted by Crippen LogP contribution is -2.06.